The van der Waals surface area contributed by atoms with Crippen LogP contribution >= 0.6 is 15.9 Å². The summed E-state index contributed by atoms with van der Waals surface area (Å²) in [5, 5.41) is 8.80. The summed E-state index contributed by atoms with van der Waals surface area (Å²) >= 11 is 3.33. The highest BCUT2D eigenvalue weighted by atomic mass is 79.9. The van der Waals surface area contributed by atoms with Crippen LogP contribution in [0.25, 0.3) is 0 Å². The van der Waals surface area contributed by atoms with Crippen LogP contribution in [-0.2, 0) is 20.7 Å². The number of nitrogens with zero attached hydrogens (tertiary/aromatic N) is 1. The average Bonchev–Trinajstić information content (AvgIpc) is 2.34. The van der Waals surface area contributed by atoms with E-state index in [9.17, 15) is 9.59 Å². The number of rotatable bonds is 7. The van der Waals surface area contributed by atoms with Gasteiger partial charge in [0.25, 0.3) is 0 Å². The maximum atomic E-state index is 12.1. The molecular weight excluding hydrogens is 314 g/mol. The predicted octanol–water partition coefficient (Wildman–Crippen LogP) is 1.55. The Hall–Kier alpha value is -1.40. The van der Waals surface area contributed by atoms with Gasteiger partial charge in [-0.25, -0.2) is 0 Å². The van der Waals surface area contributed by atoms with Crippen molar-refractivity contribution in [2.45, 2.75) is 6.42 Å². The first-order chi connectivity index (χ1) is 9.02. The van der Waals surface area contributed by atoms with Gasteiger partial charge in [0.1, 0.15) is 6.54 Å². The van der Waals surface area contributed by atoms with Gasteiger partial charge in [-0.1, -0.05) is 28.1 Å². The summed E-state index contributed by atoms with van der Waals surface area (Å²) in [4.78, 5) is 24.1. The van der Waals surface area contributed by atoms with Crippen LogP contribution in [0, 0.1) is 0 Å². The first kappa shape index (κ1) is 15.7. The lowest BCUT2D eigenvalue weighted by Crippen LogP contribution is -2.38. The number of carbonyl (C=O) groups is 2. The number of aliphatic carboxylic acids is 1. The van der Waals surface area contributed by atoms with E-state index in [-0.39, 0.29) is 25.4 Å². The van der Waals surface area contributed by atoms with E-state index in [0.717, 1.165) is 10.0 Å². The molecule has 0 aliphatic rings. The molecule has 1 aromatic rings. The van der Waals surface area contributed by atoms with Gasteiger partial charge in [-0.2, -0.15) is 0 Å². The Morgan fingerprint density at radius 2 is 2.16 bits per heavy atom. The molecule has 0 fully saturated rings. The molecule has 6 heteroatoms. The summed E-state index contributed by atoms with van der Waals surface area (Å²) in [7, 11) is 1.51. The molecule has 104 valence electrons. The van der Waals surface area contributed by atoms with E-state index >= 15 is 0 Å². The van der Waals surface area contributed by atoms with Crippen molar-refractivity contribution in [3.05, 3.63) is 34.3 Å². The molecule has 0 unspecified atom stereocenters. The fraction of sp³-hybridized carbons (Fsp3) is 0.385. The lowest BCUT2D eigenvalue weighted by atomic mass is 10.1. The van der Waals surface area contributed by atoms with Gasteiger partial charge < -0.3 is 14.7 Å². The Morgan fingerprint density at radius 3 is 2.74 bits per heavy atom. The van der Waals surface area contributed by atoms with Gasteiger partial charge in [-0.15, -0.1) is 0 Å². The molecule has 1 amide bonds. The summed E-state index contributed by atoms with van der Waals surface area (Å²) in [6, 6.07) is 7.38. The Labute approximate surface area is 120 Å². The lowest BCUT2D eigenvalue weighted by molar-refractivity contribution is -0.144. The fourth-order valence-corrected chi connectivity index (χ4v) is 2.04. The second-order valence-electron chi connectivity index (χ2n) is 4.01. The van der Waals surface area contributed by atoms with Crippen molar-refractivity contribution in [1.82, 2.24) is 4.90 Å². The third-order valence-electron chi connectivity index (χ3n) is 2.49. The third kappa shape index (κ3) is 5.85. The molecule has 0 saturated carbocycles. The highest BCUT2D eigenvalue weighted by Gasteiger charge is 2.16. The Morgan fingerprint density at radius 1 is 1.42 bits per heavy atom. The number of carboxylic acids is 1. The zero-order valence-corrected chi connectivity index (χ0v) is 12.2. The summed E-state index contributed by atoms with van der Waals surface area (Å²) < 4.78 is 5.77. The number of hydrogen-bond donors (Lipinski definition) is 1. The Kier molecular flexibility index (Phi) is 6.52. The molecule has 1 aromatic carbocycles. The van der Waals surface area contributed by atoms with Crippen molar-refractivity contribution in [2.75, 3.05) is 26.8 Å². The van der Waals surface area contributed by atoms with Crippen LogP contribution in [0.15, 0.2) is 28.7 Å². The van der Waals surface area contributed by atoms with E-state index in [2.05, 4.69) is 15.9 Å². The average molecular weight is 330 g/mol. The van der Waals surface area contributed by atoms with Gasteiger partial charge >= 0.3 is 5.97 Å². The molecule has 0 atom stereocenters. The van der Waals surface area contributed by atoms with Crippen LogP contribution in [0.1, 0.15) is 5.56 Å². The molecular formula is C13H16BrNO4. The van der Waals surface area contributed by atoms with Gasteiger partial charge in [0.15, 0.2) is 0 Å². The predicted molar refractivity (Wildman–Crippen MR) is 73.9 cm³/mol. The second-order valence-corrected chi connectivity index (χ2v) is 4.92. The quantitative estimate of drug-likeness (QED) is 0.824. The summed E-state index contributed by atoms with van der Waals surface area (Å²) in [6.07, 6.45) is 0.177. The number of ether oxygens (including phenoxy) is 1. The molecule has 0 bridgehead atoms. The standard InChI is InChI=1S/C13H16BrNO4/c1-19-6-5-15(9-13(17)18)12(16)8-10-3-2-4-11(14)7-10/h2-4,7H,5-6,8-9H2,1H3,(H,17,18). The van der Waals surface area contributed by atoms with Crippen LogP contribution in [0.3, 0.4) is 0 Å². The number of carbonyl (C=O) groups excluding carboxylic acids is 1. The highest BCUT2D eigenvalue weighted by Crippen LogP contribution is 2.12. The van der Waals surface area contributed by atoms with Crippen molar-refractivity contribution in [1.29, 1.82) is 0 Å². The number of amides is 1. The van der Waals surface area contributed by atoms with Gasteiger partial charge in [-0.3, -0.25) is 9.59 Å². The van der Waals surface area contributed by atoms with Crippen LogP contribution in [0.4, 0.5) is 0 Å². The SMILES string of the molecule is COCCN(CC(=O)O)C(=O)Cc1cccc(Br)c1. The fourth-order valence-electron chi connectivity index (χ4n) is 1.59. The van der Waals surface area contributed by atoms with E-state index in [1.165, 1.54) is 12.0 Å². The maximum absolute atomic E-state index is 12.1. The van der Waals surface area contributed by atoms with Crippen molar-refractivity contribution in [3.63, 3.8) is 0 Å². The topological polar surface area (TPSA) is 66.8 Å². The second kappa shape index (κ2) is 7.91. The number of halogens is 1. The van der Waals surface area contributed by atoms with Crippen LogP contribution in [-0.4, -0.2) is 48.7 Å². The Bertz CT molecular complexity index is 450. The lowest BCUT2D eigenvalue weighted by Gasteiger charge is -2.20. The first-order valence-corrected chi connectivity index (χ1v) is 6.55. The number of methoxy groups -OCH3 is 1. The monoisotopic (exact) mass is 329 g/mol. The normalized spacial score (nSPS) is 10.2. The minimum Gasteiger partial charge on any atom is -0.480 e. The van der Waals surface area contributed by atoms with E-state index < -0.39 is 5.97 Å². The van der Waals surface area contributed by atoms with Crippen molar-refractivity contribution in [3.8, 4) is 0 Å². The maximum Gasteiger partial charge on any atom is 0.323 e. The van der Waals surface area contributed by atoms with Crippen LogP contribution in [0.2, 0.25) is 0 Å². The minimum absolute atomic E-state index is 0.177. The molecule has 0 heterocycles. The van der Waals surface area contributed by atoms with Gasteiger partial charge in [-0.05, 0) is 17.7 Å². The molecule has 1 rings (SSSR count). The molecule has 0 radical (unpaired) electrons. The largest absolute Gasteiger partial charge is 0.480 e. The van der Waals surface area contributed by atoms with Crippen molar-refractivity contribution >= 4 is 27.8 Å². The summed E-state index contributed by atoms with van der Waals surface area (Å²) in [6.45, 7) is 0.281. The van der Waals surface area contributed by atoms with Gasteiger partial charge in [0.2, 0.25) is 5.91 Å². The minimum atomic E-state index is -1.03. The van der Waals surface area contributed by atoms with Crippen molar-refractivity contribution in [2.24, 2.45) is 0 Å². The zero-order chi connectivity index (χ0) is 14.3. The molecule has 5 nitrogen and oxygen atoms in total. The molecule has 0 aliphatic carbocycles. The third-order valence-corrected chi connectivity index (χ3v) is 2.98. The summed E-state index contributed by atoms with van der Waals surface area (Å²) in [5.41, 5.74) is 0.840. The molecule has 0 aromatic heterocycles. The zero-order valence-electron chi connectivity index (χ0n) is 10.6. The molecule has 0 saturated heterocycles. The van der Waals surface area contributed by atoms with E-state index in [1.807, 2.05) is 24.3 Å². The molecule has 19 heavy (non-hydrogen) atoms. The summed E-state index contributed by atoms with van der Waals surface area (Å²) in [5.74, 6) is -1.25. The smallest absolute Gasteiger partial charge is 0.323 e. The highest BCUT2D eigenvalue weighted by molar-refractivity contribution is 9.10. The van der Waals surface area contributed by atoms with Crippen molar-refractivity contribution < 1.29 is 19.4 Å². The van der Waals surface area contributed by atoms with Crippen LogP contribution in [0.5, 0.6) is 0 Å². The number of hydrogen-bond acceptors (Lipinski definition) is 3. The van der Waals surface area contributed by atoms with E-state index in [4.69, 9.17) is 9.84 Å². The molecule has 1 N–H and O–H groups in total. The van der Waals surface area contributed by atoms with E-state index in [1.54, 1.807) is 0 Å². The molecule has 0 spiro atoms. The molecule has 0 aliphatic heterocycles. The number of carboxylic acid groups (broad SMARTS) is 1. The van der Waals surface area contributed by atoms with Gasteiger partial charge in [0, 0.05) is 18.1 Å². The van der Waals surface area contributed by atoms with Crippen LogP contribution < -0.4 is 0 Å². The van der Waals surface area contributed by atoms with E-state index in [0.29, 0.717) is 6.61 Å². The number of benzene rings is 1. The van der Waals surface area contributed by atoms with Gasteiger partial charge in [0.05, 0.1) is 13.0 Å². The first-order valence-electron chi connectivity index (χ1n) is 5.76. The Balaban J connectivity index is 2.67.